The van der Waals surface area contributed by atoms with E-state index in [0.29, 0.717) is 24.9 Å². The maximum atomic E-state index is 14.0. The van der Waals surface area contributed by atoms with Crippen LogP contribution in [0.1, 0.15) is 43.1 Å². The molecule has 0 radical (unpaired) electrons. The van der Waals surface area contributed by atoms with E-state index < -0.39 is 11.9 Å². The molecular formula is C18H21FN4O2. The van der Waals surface area contributed by atoms with Crippen LogP contribution in [0.25, 0.3) is 0 Å². The monoisotopic (exact) mass is 344 g/mol. The lowest BCUT2D eigenvalue weighted by atomic mass is 10.0. The number of carbonyl (C=O) groups is 2. The van der Waals surface area contributed by atoms with E-state index >= 15 is 0 Å². The van der Waals surface area contributed by atoms with Gasteiger partial charge >= 0.3 is 0 Å². The van der Waals surface area contributed by atoms with Crippen LogP contribution >= 0.6 is 0 Å². The molecule has 2 amide bonds. The van der Waals surface area contributed by atoms with Crippen LogP contribution in [0.3, 0.4) is 0 Å². The van der Waals surface area contributed by atoms with E-state index in [1.807, 2.05) is 13.8 Å². The van der Waals surface area contributed by atoms with Gasteiger partial charge in [0.2, 0.25) is 5.91 Å². The molecule has 1 atom stereocenters. The number of nitrogens with one attached hydrogen (secondary N) is 1. The second-order valence-corrected chi connectivity index (χ2v) is 6.41. The Labute approximate surface area is 145 Å². The Hall–Kier alpha value is -2.70. The number of piperidine rings is 1. The SMILES string of the molecule is CC(C)n1cc(C(=O)NC2CCCN(c3ccccc3F)C2=O)cn1. The number of halogens is 1. The largest absolute Gasteiger partial charge is 0.340 e. The van der Waals surface area contributed by atoms with Gasteiger partial charge in [-0.15, -0.1) is 0 Å². The second-order valence-electron chi connectivity index (χ2n) is 6.41. The minimum absolute atomic E-state index is 0.148. The molecule has 1 N–H and O–H groups in total. The van der Waals surface area contributed by atoms with E-state index in [4.69, 9.17) is 0 Å². The first kappa shape index (κ1) is 17.1. The molecule has 7 heteroatoms. The van der Waals surface area contributed by atoms with Crippen molar-refractivity contribution in [2.45, 2.75) is 38.8 Å². The van der Waals surface area contributed by atoms with Crippen molar-refractivity contribution in [3.63, 3.8) is 0 Å². The molecule has 2 heterocycles. The Bertz CT molecular complexity index is 787. The van der Waals surface area contributed by atoms with Crippen molar-refractivity contribution in [3.05, 3.63) is 48.0 Å². The third-order valence-corrected chi connectivity index (χ3v) is 4.28. The topological polar surface area (TPSA) is 67.2 Å². The average Bonchev–Trinajstić information content (AvgIpc) is 3.08. The number of nitrogens with zero attached hydrogens (tertiary/aromatic N) is 3. The maximum Gasteiger partial charge on any atom is 0.255 e. The van der Waals surface area contributed by atoms with Gasteiger partial charge in [-0.1, -0.05) is 12.1 Å². The fourth-order valence-electron chi connectivity index (χ4n) is 2.90. The molecular weight excluding hydrogens is 323 g/mol. The fourth-order valence-corrected chi connectivity index (χ4v) is 2.90. The maximum absolute atomic E-state index is 14.0. The third-order valence-electron chi connectivity index (χ3n) is 4.28. The summed E-state index contributed by atoms with van der Waals surface area (Å²) in [6, 6.07) is 5.65. The van der Waals surface area contributed by atoms with Crippen LogP contribution in [0.15, 0.2) is 36.7 Å². The number of para-hydroxylation sites is 1. The number of rotatable bonds is 4. The minimum Gasteiger partial charge on any atom is -0.340 e. The number of hydrogen-bond donors (Lipinski definition) is 1. The zero-order valence-corrected chi connectivity index (χ0v) is 14.3. The summed E-state index contributed by atoms with van der Waals surface area (Å²) in [7, 11) is 0. The number of anilines is 1. The van der Waals surface area contributed by atoms with Crippen molar-refractivity contribution in [1.29, 1.82) is 0 Å². The molecule has 2 aromatic rings. The molecule has 0 bridgehead atoms. The van der Waals surface area contributed by atoms with Crippen LogP contribution in [0, 0.1) is 5.82 Å². The van der Waals surface area contributed by atoms with E-state index in [1.54, 1.807) is 29.1 Å². The van der Waals surface area contributed by atoms with Gasteiger partial charge in [0.05, 0.1) is 17.4 Å². The summed E-state index contributed by atoms with van der Waals surface area (Å²) in [6.07, 6.45) is 4.36. The molecule has 1 aliphatic heterocycles. The van der Waals surface area contributed by atoms with Crippen molar-refractivity contribution < 1.29 is 14.0 Å². The highest BCUT2D eigenvalue weighted by atomic mass is 19.1. The smallest absolute Gasteiger partial charge is 0.255 e. The van der Waals surface area contributed by atoms with Crippen LogP contribution in [0.5, 0.6) is 0 Å². The molecule has 0 spiro atoms. The van der Waals surface area contributed by atoms with Gasteiger partial charge < -0.3 is 10.2 Å². The summed E-state index contributed by atoms with van der Waals surface area (Å²) in [5.41, 5.74) is 0.656. The molecule has 1 aliphatic rings. The van der Waals surface area contributed by atoms with Gasteiger partial charge in [-0.3, -0.25) is 14.3 Å². The highest BCUT2D eigenvalue weighted by Gasteiger charge is 2.32. The molecule has 0 saturated carbocycles. The van der Waals surface area contributed by atoms with Crippen LogP contribution in [0.2, 0.25) is 0 Å². The molecule has 1 aromatic heterocycles. The zero-order valence-electron chi connectivity index (χ0n) is 14.3. The quantitative estimate of drug-likeness (QED) is 0.927. The minimum atomic E-state index is -0.664. The average molecular weight is 344 g/mol. The van der Waals surface area contributed by atoms with Crippen LogP contribution in [-0.4, -0.2) is 34.2 Å². The van der Waals surface area contributed by atoms with Gasteiger partial charge in [0.25, 0.3) is 5.91 Å². The van der Waals surface area contributed by atoms with E-state index in [9.17, 15) is 14.0 Å². The molecule has 3 rings (SSSR count). The van der Waals surface area contributed by atoms with Crippen LogP contribution < -0.4 is 10.2 Å². The van der Waals surface area contributed by atoms with Crippen LogP contribution in [0.4, 0.5) is 10.1 Å². The van der Waals surface area contributed by atoms with Gasteiger partial charge in [-0.2, -0.15) is 5.10 Å². The lowest BCUT2D eigenvalue weighted by Crippen LogP contribution is -2.52. The van der Waals surface area contributed by atoms with E-state index in [2.05, 4.69) is 10.4 Å². The number of aromatic nitrogens is 2. The van der Waals surface area contributed by atoms with Crippen molar-refractivity contribution in [1.82, 2.24) is 15.1 Å². The molecule has 132 valence electrons. The zero-order chi connectivity index (χ0) is 18.0. The van der Waals surface area contributed by atoms with E-state index in [-0.39, 0.29) is 23.5 Å². The number of carbonyl (C=O) groups excluding carboxylic acids is 2. The Morgan fingerprint density at radius 2 is 2.12 bits per heavy atom. The summed E-state index contributed by atoms with van der Waals surface area (Å²) in [5.74, 6) is -1.08. The summed E-state index contributed by atoms with van der Waals surface area (Å²) in [5, 5.41) is 6.88. The van der Waals surface area contributed by atoms with Crippen molar-refractivity contribution >= 4 is 17.5 Å². The molecule has 1 aromatic carbocycles. The molecule has 6 nitrogen and oxygen atoms in total. The molecule has 0 aliphatic carbocycles. The highest BCUT2D eigenvalue weighted by molar-refractivity contribution is 6.02. The van der Waals surface area contributed by atoms with Gasteiger partial charge in [-0.25, -0.2) is 4.39 Å². The highest BCUT2D eigenvalue weighted by Crippen LogP contribution is 2.24. The lowest BCUT2D eigenvalue weighted by molar-refractivity contribution is -0.121. The van der Waals surface area contributed by atoms with E-state index in [1.165, 1.54) is 17.2 Å². The van der Waals surface area contributed by atoms with Crippen molar-refractivity contribution in [2.75, 3.05) is 11.4 Å². The Kier molecular flexibility index (Phi) is 4.83. The van der Waals surface area contributed by atoms with Gasteiger partial charge in [0.1, 0.15) is 11.9 Å². The van der Waals surface area contributed by atoms with Gasteiger partial charge in [0.15, 0.2) is 0 Å². The first-order chi connectivity index (χ1) is 12.0. The van der Waals surface area contributed by atoms with Gasteiger partial charge in [-0.05, 0) is 38.8 Å². The molecule has 1 saturated heterocycles. The van der Waals surface area contributed by atoms with Crippen LogP contribution in [-0.2, 0) is 4.79 Å². The number of hydrogen-bond acceptors (Lipinski definition) is 3. The lowest BCUT2D eigenvalue weighted by Gasteiger charge is -2.32. The first-order valence-corrected chi connectivity index (χ1v) is 8.38. The molecule has 1 fully saturated rings. The number of benzene rings is 1. The summed E-state index contributed by atoms with van der Waals surface area (Å²) < 4.78 is 15.7. The van der Waals surface area contributed by atoms with E-state index in [0.717, 1.165) is 0 Å². The number of amides is 2. The Balaban J connectivity index is 1.73. The molecule has 25 heavy (non-hydrogen) atoms. The standard InChI is InChI=1S/C18H21FN4O2/c1-12(2)23-11-13(10-20-23)17(24)21-15-7-5-9-22(18(15)25)16-8-4-3-6-14(16)19/h3-4,6,8,10-12,15H,5,7,9H2,1-2H3,(H,21,24). The Morgan fingerprint density at radius 3 is 2.80 bits per heavy atom. The summed E-state index contributed by atoms with van der Waals surface area (Å²) in [6.45, 7) is 4.37. The predicted molar refractivity (Wildman–Crippen MR) is 91.9 cm³/mol. The first-order valence-electron chi connectivity index (χ1n) is 8.38. The summed E-state index contributed by atoms with van der Waals surface area (Å²) in [4.78, 5) is 26.5. The van der Waals surface area contributed by atoms with Gasteiger partial charge in [0, 0.05) is 18.8 Å². The molecule has 1 unspecified atom stereocenters. The second kappa shape index (κ2) is 7.04. The fraction of sp³-hybridized carbons (Fsp3) is 0.389. The predicted octanol–water partition coefficient (Wildman–Crippen LogP) is 2.53. The normalized spacial score (nSPS) is 17.8. The summed E-state index contributed by atoms with van der Waals surface area (Å²) >= 11 is 0. The van der Waals surface area contributed by atoms with Crippen molar-refractivity contribution in [2.24, 2.45) is 0 Å². The third kappa shape index (κ3) is 3.55. The Morgan fingerprint density at radius 1 is 1.36 bits per heavy atom. The van der Waals surface area contributed by atoms with Crippen molar-refractivity contribution in [3.8, 4) is 0 Å².